The molecule has 1 aliphatic rings. The predicted octanol–water partition coefficient (Wildman–Crippen LogP) is 1.89. The summed E-state index contributed by atoms with van der Waals surface area (Å²) in [6.07, 6.45) is 4.84. The van der Waals surface area contributed by atoms with Gasteiger partial charge < -0.3 is 15.4 Å². The molecule has 1 heterocycles. The molecule has 19 heavy (non-hydrogen) atoms. The zero-order valence-electron chi connectivity index (χ0n) is 11.8. The van der Waals surface area contributed by atoms with Crippen molar-refractivity contribution in [2.45, 2.75) is 57.6 Å². The molecule has 1 aromatic heterocycles. The molecule has 0 saturated heterocycles. The van der Waals surface area contributed by atoms with Gasteiger partial charge in [0.25, 0.3) is 0 Å². The minimum absolute atomic E-state index is 0.0302. The number of rotatable bonds is 5. The van der Waals surface area contributed by atoms with Crippen LogP contribution in [0, 0.1) is 0 Å². The summed E-state index contributed by atoms with van der Waals surface area (Å²) in [6.45, 7) is 4.54. The lowest BCUT2D eigenvalue weighted by molar-refractivity contribution is 0.0464. The van der Waals surface area contributed by atoms with Crippen LogP contribution in [-0.4, -0.2) is 22.2 Å². The average Bonchev–Trinajstić information content (AvgIpc) is 2.36. The maximum absolute atomic E-state index is 11.3. The smallest absolute Gasteiger partial charge is 0.248 e. The Kier molecular flexibility index (Phi) is 4.42. The first kappa shape index (κ1) is 14.3. The average molecular weight is 264 g/mol. The molecule has 1 aliphatic carbocycles. The summed E-state index contributed by atoms with van der Waals surface area (Å²) in [6, 6.07) is 3.74. The van der Waals surface area contributed by atoms with Gasteiger partial charge in [0.2, 0.25) is 5.56 Å². The molecule has 0 aromatic carbocycles. The molecule has 0 aliphatic heterocycles. The van der Waals surface area contributed by atoms with E-state index in [-0.39, 0.29) is 11.6 Å². The number of H-pyrrole nitrogens is 1. The van der Waals surface area contributed by atoms with Crippen LogP contribution in [0.25, 0.3) is 0 Å². The Bertz CT molecular complexity index is 479. The van der Waals surface area contributed by atoms with Crippen molar-refractivity contribution in [3.63, 3.8) is 0 Å². The molecule has 2 unspecified atom stereocenters. The number of hydrogen-bond acceptors (Lipinski definition) is 3. The van der Waals surface area contributed by atoms with E-state index in [2.05, 4.69) is 17.2 Å². The zero-order valence-corrected chi connectivity index (χ0v) is 11.8. The van der Waals surface area contributed by atoms with E-state index < -0.39 is 5.60 Å². The van der Waals surface area contributed by atoms with Gasteiger partial charge in [-0.05, 0) is 38.2 Å². The molecule has 4 nitrogen and oxygen atoms in total. The third kappa shape index (κ3) is 3.67. The second kappa shape index (κ2) is 5.88. The fourth-order valence-corrected chi connectivity index (χ4v) is 2.88. The van der Waals surface area contributed by atoms with Crippen LogP contribution in [0.4, 0.5) is 0 Å². The minimum atomic E-state index is -0.658. The quantitative estimate of drug-likeness (QED) is 0.761. The maximum atomic E-state index is 11.3. The summed E-state index contributed by atoms with van der Waals surface area (Å²) in [5.41, 5.74) is 1.54. The van der Waals surface area contributed by atoms with Crippen LogP contribution in [0.5, 0.6) is 0 Å². The second-order valence-corrected chi connectivity index (χ2v) is 5.83. The minimum Gasteiger partial charge on any atom is -0.389 e. The normalized spacial score (nSPS) is 21.7. The molecule has 4 heteroatoms. The highest BCUT2D eigenvalue weighted by Gasteiger charge is 2.24. The van der Waals surface area contributed by atoms with Crippen molar-refractivity contribution >= 4 is 0 Å². The van der Waals surface area contributed by atoms with Crippen molar-refractivity contribution < 1.29 is 5.11 Å². The van der Waals surface area contributed by atoms with Crippen LogP contribution in [0.3, 0.4) is 0 Å². The first-order chi connectivity index (χ1) is 9.02. The number of pyridine rings is 1. The van der Waals surface area contributed by atoms with E-state index in [9.17, 15) is 9.90 Å². The highest BCUT2D eigenvalue weighted by Crippen LogP contribution is 2.28. The second-order valence-electron chi connectivity index (χ2n) is 5.83. The van der Waals surface area contributed by atoms with Crippen LogP contribution in [0.1, 0.15) is 56.8 Å². The molecule has 0 amide bonds. The van der Waals surface area contributed by atoms with Gasteiger partial charge in [0, 0.05) is 24.3 Å². The van der Waals surface area contributed by atoms with Gasteiger partial charge in [0.1, 0.15) is 0 Å². The van der Waals surface area contributed by atoms with Crippen molar-refractivity contribution in [3.05, 3.63) is 33.7 Å². The molecular formula is C15H24N2O2. The Hall–Kier alpha value is -1.13. The number of aryl methyl sites for hydroxylation is 1. The van der Waals surface area contributed by atoms with E-state index in [1.807, 2.05) is 13.0 Å². The molecule has 0 saturated carbocycles. The molecule has 1 aromatic rings. The lowest BCUT2D eigenvalue weighted by Crippen LogP contribution is -2.40. The molecular weight excluding hydrogens is 240 g/mol. The molecule has 0 spiro atoms. The van der Waals surface area contributed by atoms with Crippen LogP contribution in [0.2, 0.25) is 0 Å². The Morgan fingerprint density at radius 1 is 1.53 bits per heavy atom. The number of hydrogen-bond donors (Lipinski definition) is 3. The Labute approximate surface area is 114 Å². The fourth-order valence-electron chi connectivity index (χ4n) is 2.88. The molecule has 0 fully saturated rings. The lowest BCUT2D eigenvalue weighted by Gasteiger charge is -2.30. The van der Waals surface area contributed by atoms with Crippen molar-refractivity contribution in [3.8, 4) is 0 Å². The van der Waals surface area contributed by atoms with E-state index in [1.165, 1.54) is 5.56 Å². The number of nitrogens with one attached hydrogen (secondary N) is 2. The maximum Gasteiger partial charge on any atom is 0.248 e. The van der Waals surface area contributed by atoms with Gasteiger partial charge in [0.05, 0.1) is 5.60 Å². The highest BCUT2D eigenvalue weighted by molar-refractivity contribution is 5.26. The van der Waals surface area contributed by atoms with Gasteiger partial charge in [0.15, 0.2) is 0 Å². The number of aromatic amines is 1. The summed E-state index contributed by atoms with van der Waals surface area (Å²) in [4.78, 5) is 14.3. The van der Waals surface area contributed by atoms with Gasteiger partial charge in [-0.15, -0.1) is 0 Å². The molecule has 0 bridgehead atoms. The van der Waals surface area contributed by atoms with E-state index in [1.54, 1.807) is 6.07 Å². The lowest BCUT2D eigenvalue weighted by atomic mass is 9.90. The van der Waals surface area contributed by atoms with Gasteiger partial charge >= 0.3 is 0 Å². The summed E-state index contributed by atoms with van der Waals surface area (Å²) in [7, 11) is 0. The third-order valence-corrected chi connectivity index (χ3v) is 3.85. The van der Waals surface area contributed by atoms with Crippen LogP contribution in [-0.2, 0) is 6.42 Å². The summed E-state index contributed by atoms with van der Waals surface area (Å²) < 4.78 is 0. The van der Waals surface area contributed by atoms with Crippen molar-refractivity contribution in [2.24, 2.45) is 0 Å². The molecule has 106 valence electrons. The molecule has 0 radical (unpaired) electrons. The van der Waals surface area contributed by atoms with Crippen LogP contribution < -0.4 is 10.9 Å². The highest BCUT2D eigenvalue weighted by atomic mass is 16.3. The molecule has 3 N–H and O–H groups in total. The molecule has 2 rings (SSSR count). The van der Waals surface area contributed by atoms with Crippen molar-refractivity contribution in [1.82, 2.24) is 10.3 Å². The van der Waals surface area contributed by atoms with E-state index in [0.717, 1.165) is 37.8 Å². The van der Waals surface area contributed by atoms with Crippen LogP contribution in [0.15, 0.2) is 16.9 Å². The Balaban J connectivity index is 2.06. The largest absolute Gasteiger partial charge is 0.389 e. The topological polar surface area (TPSA) is 65.1 Å². The number of fused-ring (bicyclic) bond motifs is 1. The van der Waals surface area contributed by atoms with Crippen LogP contribution >= 0.6 is 0 Å². The monoisotopic (exact) mass is 264 g/mol. The van der Waals surface area contributed by atoms with Crippen molar-refractivity contribution in [1.29, 1.82) is 0 Å². The zero-order chi connectivity index (χ0) is 13.9. The summed E-state index contributed by atoms with van der Waals surface area (Å²) >= 11 is 0. The van der Waals surface area contributed by atoms with Gasteiger partial charge in [-0.1, -0.05) is 19.4 Å². The third-order valence-electron chi connectivity index (χ3n) is 3.85. The Morgan fingerprint density at radius 3 is 3.05 bits per heavy atom. The predicted molar refractivity (Wildman–Crippen MR) is 76.3 cm³/mol. The first-order valence-electron chi connectivity index (χ1n) is 7.20. The van der Waals surface area contributed by atoms with Gasteiger partial charge in [-0.2, -0.15) is 0 Å². The SMILES string of the molecule is CCCC(C)(O)CNC1CCCc2[nH]c(=O)ccc21. The van der Waals surface area contributed by atoms with E-state index in [0.29, 0.717) is 6.54 Å². The Morgan fingerprint density at radius 2 is 2.32 bits per heavy atom. The summed E-state index contributed by atoms with van der Waals surface area (Å²) in [5.74, 6) is 0. The van der Waals surface area contributed by atoms with Crippen molar-refractivity contribution in [2.75, 3.05) is 6.54 Å². The first-order valence-corrected chi connectivity index (χ1v) is 7.20. The summed E-state index contributed by atoms with van der Waals surface area (Å²) in [5, 5.41) is 13.7. The molecule has 2 atom stereocenters. The van der Waals surface area contributed by atoms with E-state index >= 15 is 0 Å². The fraction of sp³-hybridized carbons (Fsp3) is 0.667. The van der Waals surface area contributed by atoms with Gasteiger partial charge in [-0.25, -0.2) is 0 Å². The van der Waals surface area contributed by atoms with Gasteiger partial charge in [-0.3, -0.25) is 4.79 Å². The number of aromatic nitrogens is 1. The van der Waals surface area contributed by atoms with E-state index in [4.69, 9.17) is 0 Å². The number of aliphatic hydroxyl groups is 1. The standard InChI is InChI=1S/C15H24N2O2/c1-3-9-15(2,19)10-16-12-5-4-6-13-11(12)7-8-14(18)17-13/h7-8,12,16,19H,3-6,9-10H2,1-2H3,(H,17,18).